The smallest absolute Gasteiger partial charge is 0.407 e. The van der Waals surface area contributed by atoms with Crippen molar-refractivity contribution >= 4 is 23.0 Å². The highest BCUT2D eigenvalue weighted by Gasteiger charge is 2.22. The van der Waals surface area contributed by atoms with E-state index in [1.54, 1.807) is 39.0 Å². The van der Waals surface area contributed by atoms with Crippen LogP contribution in [0.25, 0.3) is 0 Å². The molecule has 1 N–H and O–H groups in total. The van der Waals surface area contributed by atoms with Crippen LogP contribution in [0.5, 0.6) is 0 Å². The van der Waals surface area contributed by atoms with E-state index in [4.69, 9.17) is 9.26 Å². The van der Waals surface area contributed by atoms with E-state index in [-0.39, 0.29) is 10.4 Å². The third kappa shape index (κ3) is 6.62. The van der Waals surface area contributed by atoms with Crippen molar-refractivity contribution < 1.29 is 18.8 Å². The van der Waals surface area contributed by atoms with E-state index in [1.165, 1.54) is 6.20 Å². The molecule has 1 aromatic heterocycles. The van der Waals surface area contributed by atoms with Crippen LogP contribution in [0.1, 0.15) is 48.6 Å². The molecule has 2 rings (SSSR count). The number of carbonyl (C=O) groups is 2. The van der Waals surface area contributed by atoms with Crippen LogP contribution in [0.4, 0.5) is 4.79 Å². The Morgan fingerprint density at radius 3 is 2.56 bits per heavy atom. The van der Waals surface area contributed by atoms with Gasteiger partial charge in [-0.3, -0.25) is 4.79 Å². The van der Waals surface area contributed by atoms with E-state index in [0.717, 1.165) is 11.8 Å². The normalized spacial score (nSPS) is 12.4. The van der Waals surface area contributed by atoms with Crippen LogP contribution in [0, 0.1) is 0 Å². The maximum absolute atomic E-state index is 12.4. The Kier molecular flexibility index (Phi) is 6.64. The Bertz CT molecular complexity index is 681. The molecular weight excluding hydrogens is 340 g/mol. The van der Waals surface area contributed by atoms with Gasteiger partial charge in [-0.15, -0.1) is 0 Å². The summed E-state index contributed by atoms with van der Waals surface area (Å²) in [6.45, 7) is 5.77. The van der Waals surface area contributed by atoms with Crippen molar-refractivity contribution in [2.45, 2.75) is 38.0 Å². The van der Waals surface area contributed by atoms with E-state index < -0.39 is 11.7 Å². The van der Waals surface area contributed by atoms with E-state index in [2.05, 4.69) is 10.5 Å². The number of benzene rings is 1. The topological polar surface area (TPSA) is 81.4 Å². The summed E-state index contributed by atoms with van der Waals surface area (Å²) < 4.78 is 10.4. The Balaban J connectivity index is 1.93. The molecule has 0 aliphatic heterocycles. The number of nitrogens with one attached hydrogen (secondary N) is 1. The fourth-order valence-corrected chi connectivity index (χ4v) is 3.05. The number of aromatic nitrogens is 1. The van der Waals surface area contributed by atoms with Gasteiger partial charge in [0.25, 0.3) is 0 Å². The highest BCUT2D eigenvalue weighted by Crippen LogP contribution is 2.34. The van der Waals surface area contributed by atoms with Crippen molar-refractivity contribution in [3.63, 3.8) is 0 Å². The highest BCUT2D eigenvalue weighted by atomic mass is 32.2. The summed E-state index contributed by atoms with van der Waals surface area (Å²) in [7, 11) is 0. The zero-order valence-electron chi connectivity index (χ0n) is 14.5. The lowest BCUT2D eigenvalue weighted by Crippen LogP contribution is -2.33. The van der Waals surface area contributed by atoms with Gasteiger partial charge in [0, 0.05) is 18.2 Å². The zero-order chi connectivity index (χ0) is 18.3. The lowest BCUT2D eigenvalue weighted by atomic mass is 10.2. The summed E-state index contributed by atoms with van der Waals surface area (Å²) in [4.78, 5) is 24.2. The second-order valence-corrected chi connectivity index (χ2v) is 7.57. The van der Waals surface area contributed by atoms with E-state index in [0.29, 0.717) is 24.3 Å². The molecule has 1 aromatic carbocycles. The van der Waals surface area contributed by atoms with Crippen molar-refractivity contribution in [2.75, 3.05) is 6.54 Å². The first-order valence-electron chi connectivity index (χ1n) is 7.98. The minimum absolute atomic E-state index is 0.0562. The maximum Gasteiger partial charge on any atom is 0.407 e. The molecule has 0 aliphatic carbocycles. The molecule has 0 bridgehead atoms. The molecule has 0 fully saturated rings. The van der Waals surface area contributed by atoms with Crippen molar-refractivity contribution in [3.05, 3.63) is 53.9 Å². The average molecular weight is 362 g/mol. The highest BCUT2D eigenvalue weighted by molar-refractivity contribution is 8.14. The second-order valence-electron chi connectivity index (χ2n) is 6.39. The summed E-state index contributed by atoms with van der Waals surface area (Å²) in [5, 5.41) is 6.10. The standard InChI is InChI=1S/C18H22N2O4S/c1-18(2,3)23-17(22)19-11-10-15(14-9-12-20-24-14)25-16(21)13-7-5-4-6-8-13/h4-9,12,15H,10-11H2,1-3H3,(H,19,22)/t15-/m1/s1. The molecule has 1 atom stereocenters. The Labute approximate surface area is 151 Å². The largest absolute Gasteiger partial charge is 0.444 e. The molecule has 6 nitrogen and oxygen atoms in total. The number of rotatable bonds is 6. The maximum atomic E-state index is 12.4. The van der Waals surface area contributed by atoms with Gasteiger partial charge in [0.2, 0.25) is 5.12 Å². The minimum atomic E-state index is -0.549. The molecule has 1 heterocycles. The van der Waals surface area contributed by atoms with Crippen LogP contribution in [-0.4, -0.2) is 28.5 Å². The number of carbonyl (C=O) groups excluding carboxylic acids is 2. The summed E-state index contributed by atoms with van der Waals surface area (Å²) in [5.74, 6) is 0.597. The number of thioether (sulfide) groups is 1. The van der Waals surface area contributed by atoms with Crippen molar-refractivity contribution in [1.29, 1.82) is 0 Å². The van der Waals surface area contributed by atoms with E-state index in [1.807, 2.05) is 18.2 Å². The van der Waals surface area contributed by atoms with Crippen molar-refractivity contribution in [1.82, 2.24) is 10.5 Å². The first-order chi connectivity index (χ1) is 11.8. The molecular formula is C18H22N2O4S. The summed E-state index contributed by atoms with van der Waals surface area (Å²) in [5.41, 5.74) is 0.0732. The van der Waals surface area contributed by atoms with Crippen molar-refractivity contribution in [2.24, 2.45) is 0 Å². The van der Waals surface area contributed by atoms with Crippen LogP contribution in [0.2, 0.25) is 0 Å². The van der Waals surface area contributed by atoms with Gasteiger partial charge < -0.3 is 14.6 Å². The number of nitrogens with zero attached hydrogens (tertiary/aromatic N) is 1. The molecule has 1 amide bonds. The molecule has 2 aromatic rings. The predicted molar refractivity (Wildman–Crippen MR) is 96.5 cm³/mol. The average Bonchev–Trinajstić information content (AvgIpc) is 3.07. The van der Waals surface area contributed by atoms with Crippen molar-refractivity contribution in [3.8, 4) is 0 Å². The monoisotopic (exact) mass is 362 g/mol. The SMILES string of the molecule is CC(C)(C)OC(=O)NCC[C@@H](SC(=O)c1ccccc1)c1ccno1. The van der Waals surface area contributed by atoms with Gasteiger partial charge in [-0.2, -0.15) is 0 Å². The fourth-order valence-electron chi connectivity index (χ4n) is 2.04. The van der Waals surface area contributed by atoms with Crippen LogP contribution < -0.4 is 5.32 Å². The predicted octanol–water partition coefficient (Wildman–Crippen LogP) is 4.20. The molecule has 0 saturated carbocycles. The third-order valence-corrected chi connectivity index (χ3v) is 4.31. The third-order valence-electron chi connectivity index (χ3n) is 3.11. The number of alkyl carbamates (subject to hydrolysis) is 1. The summed E-state index contributed by atoms with van der Waals surface area (Å²) >= 11 is 1.16. The Morgan fingerprint density at radius 1 is 1.24 bits per heavy atom. The summed E-state index contributed by atoms with van der Waals surface area (Å²) in [6, 6.07) is 10.8. The Morgan fingerprint density at radius 2 is 1.96 bits per heavy atom. The van der Waals surface area contributed by atoms with Gasteiger partial charge in [-0.05, 0) is 27.2 Å². The number of amides is 1. The molecule has 134 valence electrons. The van der Waals surface area contributed by atoms with Gasteiger partial charge in [-0.1, -0.05) is 47.3 Å². The van der Waals surface area contributed by atoms with Crippen LogP contribution in [-0.2, 0) is 4.74 Å². The first kappa shape index (κ1) is 19.1. The number of hydrogen-bond acceptors (Lipinski definition) is 6. The number of hydrogen-bond donors (Lipinski definition) is 1. The number of ether oxygens (including phenoxy) is 1. The van der Waals surface area contributed by atoms with Gasteiger partial charge in [0.1, 0.15) is 11.4 Å². The second kappa shape index (κ2) is 8.71. The molecule has 0 unspecified atom stereocenters. The van der Waals surface area contributed by atoms with Gasteiger partial charge in [0.05, 0.1) is 11.4 Å². The van der Waals surface area contributed by atoms with E-state index >= 15 is 0 Å². The van der Waals surface area contributed by atoms with Gasteiger partial charge in [-0.25, -0.2) is 4.79 Å². The van der Waals surface area contributed by atoms with E-state index in [9.17, 15) is 9.59 Å². The lowest BCUT2D eigenvalue weighted by molar-refractivity contribution is 0.0527. The molecule has 0 aliphatic rings. The lowest BCUT2D eigenvalue weighted by Gasteiger charge is -2.20. The van der Waals surface area contributed by atoms with Crippen LogP contribution in [0.3, 0.4) is 0 Å². The quantitative estimate of drug-likeness (QED) is 0.829. The van der Waals surface area contributed by atoms with Crippen LogP contribution in [0.15, 0.2) is 47.1 Å². The molecule has 0 saturated heterocycles. The zero-order valence-corrected chi connectivity index (χ0v) is 15.3. The Hall–Kier alpha value is -2.28. The summed E-state index contributed by atoms with van der Waals surface area (Å²) in [6.07, 6.45) is 1.57. The molecule has 0 radical (unpaired) electrons. The van der Waals surface area contributed by atoms with Gasteiger partial charge >= 0.3 is 6.09 Å². The minimum Gasteiger partial charge on any atom is -0.444 e. The van der Waals surface area contributed by atoms with Crippen LogP contribution >= 0.6 is 11.8 Å². The molecule has 0 spiro atoms. The first-order valence-corrected chi connectivity index (χ1v) is 8.86. The molecule has 25 heavy (non-hydrogen) atoms. The van der Waals surface area contributed by atoms with Gasteiger partial charge in [0.15, 0.2) is 0 Å². The molecule has 7 heteroatoms. The fraction of sp³-hybridized carbons (Fsp3) is 0.389.